The summed E-state index contributed by atoms with van der Waals surface area (Å²) in [6, 6.07) is 0. The number of nitrogens with one attached hydrogen (secondary N) is 1. The average molecular weight is 286 g/mol. The van der Waals surface area contributed by atoms with Crippen molar-refractivity contribution in [2.24, 2.45) is 5.92 Å². The normalized spacial score (nSPS) is 24.4. The van der Waals surface area contributed by atoms with E-state index in [4.69, 9.17) is 4.74 Å². The number of likely N-dealkylation sites (N-methyl/N-ethyl adjacent to an activating group) is 1. The summed E-state index contributed by atoms with van der Waals surface area (Å²) >= 11 is 0. The van der Waals surface area contributed by atoms with E-state index in [1.165, 1.54) is 12.8 Å². The largest absolute Gasteiger partial charge is 0.389 e. The molecule has 0 heterocycles. The van der Waals surface area contributed by atoms with E-state index < -0.39 is 6.10 Å². The van der Waals surface area contributed by atoms with Crippen molar-refractivity contribution in [3.05, 3.63) is 0 Å². The van der Waals surface area contributed by atoms with Crippen LogP contribution in [0.2, 0.25) is 0 Å². The first-order valence-electron chi connectivity index (χ1n) is 7.77. The van der Waals surface area contributed by atoms with Crippen molar-refractivity contribution in [3.8, 4) is 0 Å². The van der Waals surface area contributed by atoms with Gasteiger partial charge in [0.15, 0.2) is 0 Å². The molecular formula is C15H30N2O3. The minimum absolute atomic E-state index is 0.0433. The predicted molar refractivity (Wildman–Crippen MR) is 79.6 cm³/mol. The molecule has 20 heavy (non-hydrogen) atoms. The highest BCUT2D eigenvalue weighted by atomic mass is 16.5. The number of ether oxygens (including phenoxy) is 1. The van der Waals surface area contributed by atoms with E-state index in [-0.39, 0.29) is 12.5 Å². The Hall–Kier alpha value is -0.650. The summed E-state index contributed by atoms with van der Waals surface area (Å²) in [6.45, 7) is 5.90. The van der Waals surface area contributed by atoms with Crippen molar-refractivity contribution >= 4 is 5.91 Å². The van der Waals surface area contributed by atoms with Gasteiger partial charge in [-0.05, 0) is 25.7 Å². The molecule has 3 atom stereocenters. The second-order valence-electron chi connectivity index (χ2n) is 5.92. The number of carbonyl (C=O) groups is 1. The van der Waals surface area contributed by atoms with Crippen LogP contribution in [-0.2, 0) is 9.53 Å². The molecule has 0 saturated heterocycles. The third kappa shape index (κ3) is 6.68. The Morgan fingerprint density at radius 3 is 2.90 bits per heavy atom. The van der Waals surface area contributed by atoms with E-state index in [2.05, 4.69) is 12.2 Å². The van der Waals surface area contributed by atoms with Gasteiger partial charge in [0.25, 0.3) is 0 Å². The smallest absolute Gasteiger partial charge is 0.236 e. The zero-order chi connectivity index (χ0) is 15.0. The number of rotatable bonds is 8. The first-order chi connectivity index (χ1) is 9.52. The lowest BCUT2D eigenvalue weighted by Crippen LogP contribution is -2.39. The third-order valence-electron chi connectivity index (χ3n) is 3.97. The molecule has 1 aliphatic carbocycles. The molecular weight excluding hydrogens is 256 g/mol. The Bertz CT molecular complexity index is 286. The van der Waals surface area contributed by atoms with Crippen molar-refractivity contribution in [1.82, 2.24) is 10.2 Å². The monoisotopic (exact) mass is 286 g/mol. The van der Waals surface area contributed by atoms with Crippen LogP contribution in [0, 0.1) is 5.92 Å². The van der Waals surface area contributed by atoms with Crippen LogP contribution in [0.15, 0.2) is 0 Å². The molecule has 5 nitrogen and oxygen atoms in total. The highest BCUT2D eigenvalue weighted by Crippen LogP contribution is 2.25. The summed E-state index contributed by atoms with van der Waals surface area (Å²) in [4.78, 5) is 13.2. The molecule has 1 aliphatic rings. The van der Waals surface area contributed by atoms with Gasteiger partial charge in [0.05, 0.1) is 25.4 Å². The molecule has 1 amide bonds. The molecule has 118 valence electrons. The molecule has 0 radical (unpaired) electrons. The van der Waals surface area contributed by atoms with Crippen molar-refractivity contribution in [1.29, 1.82) is 0 Å². The van der Waals surface area contributed by atoms with Crippen LogP contribution in [0.4, 0.5) is 0 Å². The molecule has 3 unspecified atom stereocenters. The van der Waals surface area contributed by atoms with Crippen molar-refractivity contribution in [3.63, 3.8) is 0 Å². The van der Waals surface area contributed by atoms with Crippen LogP contribution in [0.1, 0.15) is 39.5 Å². The van der Waals surface area contributed by atoms with Gasteiger partial charge in [-0.15, -0.1) is 0 Å². The van der Waals surface area contributed by atoms with Crippen LogP contribution in [0.25, 0.3) is 0 Å². The maximum atomic E-state index is 11.5. The summed E-state index contributed by atoms with van der Waals surface area (Å²) in [5, 5.41) is 12.8. The zero-order valence-corrected chi connectivity index (χ0v) is 13.1. The highest BCUT2D eigenvalue weighted by Gasteiger charge is 2.20. The van der Waals surface area contributed by atoms with Gasteiger partial charge in [0.2, 0.25) is 5.91 Å². The molecule has 1 rings (SSSR count). The Morgan fingerprint density at radius 2 is 2.25 bits per heavy atom. The standard InChI is InChI=1S/C15H30N2O3/c1-4-17(3)15(19)10-16-9-13(18)11-20-14-7-5-6-12(2)8-14/h12-14,16,18H,4-11H2,1-3H3. The van der Waals surface area contributed by atoms with Crippen LogP contribution in [0.3, 0.4) is 0 Å². The Kier molecular flexibility index (Phi) is 8.11. The second kappa shape index (κ2) is 9.32. The molecule has 5 heteroatoms. The van der Waals surface area contributed by atoms with Crippen LogP contribution in [0.5, 0.6) is 0 Å². The Labute approximate surface area is 122 Å². The van der Waals surface area contributed by atoms with Crippen LogP contribution < -0.4 is 5.32 Å². The average Bonchev–Trinajstić information content (AvgIpc) is 2.44. The van der Waals surface area contributed by atoms with E-state index >= 15 is 0 Å². The first-order valence-corrected chi connectivity index (χ1v) is 7.77. The second-order valence-corrected chi connectivity index (χ2v) is 5.92. The van der Waals surface area contributed by atoms with Crippen LogP contribution >= 0.6 is 0 Å². The van der Waals surface area contributed by atoms with Gasteiger partial charge >= 0.3 is 0 Å². The third-order valence-corrected chi connectivity index (χ3v) is 3.97. The molecule has 0 spiro atoms. The lowest BCUT2D eigenvalue weighted by atomic mass is 9.89. The zero-order valence-electron chi connectivity index (χ0n) is 13.1. The van der Waals surface area contributed by atoms with E-state index in [1.54, 1.807) is 11.9 Å². The number of aliphatic hydroxyl groups excluding tert-OH is 1. The van der Waals surface area contributed by atoms with Gasteiger partial charge in [-0.3, -0.25) is 4.79 Å². The summed E-state index contributed by atoms with van der Waals surface area (Å²) in [5.74, 6) is 0.771. The summed E-state index contributed by atoms with van der Waals surface area (Å²) in [6.07, 6.45) is 4.45. The van der Waals surface area contributed by atoms with Crippen LogP contribution in [-0.4, -0.2) is 61.4 Å². The Morgan fingerprint density at radius 1 is 1.50 bits per heavy atom. The summed E-state index contributed by atoms with van der Waals surface area (Å²) in [5.41, 5.74) is 0. The van der Waals surface area contributed by atoms with Gasteiger partial charge in [-0.25, -0.2) is 0 Å². The van der Waals surface area contributed by atoms with Gasteiger partial charge in [0.1, 0.15) is 0 Å². The fourth-order valence-electron chi connectivity index (χ4n) is 2.49. The molecule has 0 aliphatic heterocycles. The lowest BCUT2D eigenvalue weighted by Gasteiger charge is -2.27. The predicted octanol–water partition coefficient (Wildman–Crippen LogP) is 1.01. The lowest BCUT2D eigenvalue weighted by molar-refractivity contribution is -0.128. The van der Waals surface area contributed by atoms with Gasteiger partial charge in [0, 0.05) is 20.1 Å². The number of aliphatic hydroxyl groups is 1. The number of nitrogens with zero attached hydrogens (tertiary/aromatic N) is 1. The minimum Gasteiger partial charge on any atom is -0.389 e. The van der Waals surface area contributed by atoms with E-state index in [0.717, 1.165) is 18.8 Å². The highest BCUT2D eigenvalue weighted by molar-refractivity contribution is 5.77. The number of hydrogen-bond donors (Lipinski definition) is 2. The number of carbonyl (C=O) groups excluding carboxylic acids is 1. The molecule has 0 bridgehead atoms. The van der Waals surface area contributed by atoms with E-state index in [9.17, 15) is 9.90 Å². The maximum Gasteiger partial charge on any atom is 0.236 e. The van der Waals surface area contributed by atoms with E-state index in [0.29, 0.717) is 25.8 Å². The molecule has 1 fully saturated rings. The van der Waals surface area contributed by atoms with Gasteiger partial charge < -0.3 is 20.1 Å². The van der Waals surface area contributed by atoms with Crippen molar-refractivity contribution in [2.45, 2.75) is 51.7 Å². The van der Waals surface area contributed by atoms with Crippen molar-refractivity contribution in [2.75, 3.05) is 33.3 Å². The fraction of sp³-hybridized carbons (Fsp3) is 0.933. The molecule has 0 aromatic heterocycles. The number of hydrogen-bond acceptors (Lipinski definition) is 4. The van der Waals surface area contributed by atoms with Crippen molar-refractivity contribution < 1.29 is 14.6 Å². The fourth-order valence-corrected chi connectivity index (χ4v) is 2.49. The maximum absolute atomic E-state index is 11.5. The summed E-state index contributed by atoms with van der Waals surface area (Å²) < 4.78 is 5.76. The quantitative estimate of drug-likeness (QED) is 0.699. The molecule has 0 aromatic carbocycles. The summed E-state index contributed by atoms with van der Waals surface area (Å²) in [7, 11) is 1.77. The SMILES string of the molecule is CCN(C)C(=O)CNCC(O)COC1CCCC(C)C1. The Balaban J connectivity index is 2.08. The topological polar surface area (TPSA) is 61.8 Å². The molecule has 2 N–H and O–H groups in total. The molecule has 1 saturated carbocycles. The first kappa shape index (κ1) is 17.4. The van der Waals surface area contributed by atoms with Gasteiger partial charge in [-0.2, -0.15) is 0 Å². The molecule has 0 aromatic rings. The van der Waals surface area contributed by atoms with Gasteiger partial charge in [-0.1, -0.05) is 19.8 Å². The number of amides is 1. The van der Waals surface area contributed by atoms with E-state index in [1.807, 2.05) is 6.92 Å². The minimum atomic E-state index is -0.549.